The first-order valence-corrected chi connectivity index (χ1v) is 11.1. The van der Waals surface area contributed by atoms with Crippen LogP contribution in [0.2, 0.25) is 0 Å². The molecule has 1 aliphatic rings. The molecule has 4 aromatic rings. The van der Waals surface area contributed by atoms with Crippen LogP contribution in [0.5, 0.6) is 0 Å². The summed E-state index contributed by atoms with van der Waals surface area (Å²) in [5, 5.41) is 5.71. The first-order valence-electron chi connectivity index (χ1n) is 9.40. The minimum Gasteiger partial charge on any atom is -0.376 e. The van der Waals surface area contributed by atoms with Crippen LogP contribution in [0.3, 0.4) is 0 Å². The average molecular weight is 427 g/mol. The molecular formula is C20H18N4O3S2. The second-order valence-electron chi connectivity index (χ2n) is 6.92. The highest BCUT2D eigenvalue weighted by Gasteiger charge is 2.18. The molecule has 5 rings (SSSR count). The molecule has 9 heteroatoms. The van der Waals surface area contributed by atoms with Crippen molar-refractivity contribution >= 4 is 49.0 Å². The third-order valence-electron chi connectivity index (χ3n) is 4.95. The largest absolute Gasteiger partial charge is 0.376 e. The number of nitrogens with zero attached hydrogens (tertiary/aromatic N) is 3. The van der Waals surface area contributed by atoms with E-state index in [2.05, 4.69) is 10.3 Å². The third kappa shape index (κ3) is 3.57. The van der Waals surface area contributed by atoms with Crippen molar-refractivity contribution in [2.75, 3.05) is 13.2 Å². The zero-order valence-electron chi connectivity index (χ0n) is 15.5. The molecule has 0 aromatic carbocycles. The minimum atomic E-state index is -0.220. The van der Waals surface area contributed by atoms with Crippen LogP contribution in [0.1, 0.15) is 12.8 Å². The number of nitrogens with one attached hydrogen (secondary N) is 1. The van der Waals surface area contributed by atoms with Crippen molar-refractivity contribution in [3.63, 3.8) is 0 Å². The molecular weight excluding hydrogens is 408 g/mol. The SMILES string of the molecule is O=C(Cn1cnc2c(sc3nc(-c4cccs4)ccc32)c1=O)NCC1CCCO1. The molecule has 1 aliphatic heterocycles. The summed E-state index contributed by atoms with van der Waals surface area (Å²) in [6.45, 7) is 1.16. The van der Waals surface area contributed by atoms with E-state index in [1.165, 1.54) is 22.2 Å². The second kappa shape index (κ2) is 7.66. The maximum absolute atomic E-state index is 12.9. The zero-order valence-corrected chi connectivity index (χ0v) is 17.1. The van der Waals surface area contributed by atoms with Crippen molar-refractivity contribution in [1.29, 1.82) is 0 Å². The van der Waals surface area contributed by atoms with Gasteiger partial charge in [0.25, 0.3) is 5.56 Å². The number of rotatable bonds is 5. The number of carbonyl (C=O) groups is 1. The molecule has 0 aliphatic carbocycles. The lowest BCUT2D eigenvalue weighted by molar-refractivity contribution is -0.122. The highest BCUT2D eigenvalue weighted by molar-refractivity contribution is 7.25. The Balaban J connectivity index is 1.42. The van der Waals surface area contributed by atoms with Crippen LogP contribution >= 0.6 is 22.7 Å². The van der Waals surface area contributed by atoms with Gasteiger partial charge in [0.1, 0.15) is 16.1 Å². The molecule has 0 saturated carbocycles. The number of hydrogen-bond donors (Lipinski definition) is 1. The number of thiophene rings is 2. The van der Waals surface area contributed by atoms with Crippen molar-refractivity contribution in [1.82, 2.24) is 19.9 Å². The molecule has 1 N–H and O–H groups in total. The van der Waals surface area contributed by atoms with Crippen LogP contribution in [-0.2, 0) is 16.1 Å². The molecule has 0 radical (unpaired) electrons. The maximum Gasteiger partial charge on any atom is 0.271 e. The number of amides is 1. The Morgan fingerprint density at radius 2 is 2.28 bits per heavy atom. The highest BCUT2D eigenvalue weighted by atomic mass is 32.1. The Hall–Kier alpha value is -2.62. The molecule has 1 fully saturated rings. The average Bonchev–Trinajstić information content (AvgIpc) is 3.49. The molecule has 0 spiro atoms. The monoisotopic (exact) mass is 426 g/mol. The first kappa shape index (κ1) is 18.4. The fourth-order valence-electron chi connectivity index (χ4n) is 3.47. The van der Waals surface area contributed by atoms with E-state index in [0.29, 0.717) is 16.8 Å². The normalized spacial score (nSPS) is 16.6. The third-order valence-corrected chi connectivity index (χ3v) is 6.92. The predicted octanol–water partition coefficient (Wildman–Crippen LogP) is 3.03. The van der Waals surface area contributed by atoms with E-state index in [9.17, 15) is 9.59 Å². The van der Waals surface area contributed by atoms with Gasteiger partial charge < -0.3 is 10.1 Å². The van der Waals surface area contributed by atoms with Crippen molar-refractivity contribution in [2.45, 2.75) is 25.5 Å². The quantitative estimate of drug-likeness (QED) is 0.530. The summed E-state index contributed by atoms with van der Waals surface area (Å²) in [5.74, 6) is -0.219. The molecule has 1 amide bonds. The van der Waals surface area contributed by atoms with Crippen LogP contribution in [0.25, 0.3) is 31.0 Å². The molecule has 29 heavy (non-hydrogen) atoms. The van der Waals surface area contributed by atoms with E-state index in [1.54, 1.807) is 11.3 Å². The van der Waals surface area contributed by atoms with Crippen molar-refractivity contribution in [3.05, 3.63) is 46.3 Å². The van der Waals surface area contributed by atoms with Crippen LogP contribution < -0.4 is 10.9 Å². The van der Waals surface area contributed by atoms with E-state index < -0.39 is 0 Å². The van der Waals surface area contributed by atoms with Gasteiger partial charge in [-0.2, -0.15) is 0 Å². The number of aromatic nitrogens is 3. The van der Waals surface area contributed by atoms with E-state index in [1.807, 2.05) is 29.6 Å². The predicted molar refractivity (Wildman–Crippen MR) is 114 cm³/mol. The minimum absolute atomic E-state index is 0.0589. The van der Waals surface area contributed by atoms with Crippen LogP contribution in [-0.4, -0.2) is 39.7 Å². The van der Waals surface area contributed by atoms with Crippen LogP contribution in [0.4, 0.5) is 0 Å². The summed E-state index contributed by atoms with van der Waals surface area (Å²) >= 11 is 2.95. The summed E-state index contributed by atoms with van der Waals surface area (Å²) in [6, 6.07) is 7.92. The van der Waals surface area contributed by atoms with Gasteiger partial charge in [-0.15, -0.1) is 22.7 Å². The van der Waals surface area contributed by atoms with Gasteiger partial charge in [0, 0.05) is 18.5 Å². The standard InChI is InChI=1S/C20H18N4O3S2/c25-16(21-9-12-3-1-7-27-12)10-24-11-22-17-13-5-6-14(15-4-2-8-28-15)23-19(13)29-18(17)20(24)26/h2,4-6,8,11-12H,1,3,7,9-10H2,(H,21,25). The fourth-order valence-corrected chi connectivity index (χ4v) is 5.24. The molecule has 1 saturated heterocycles. The van der Waals surface area contributed by atoms with Crippen molar-refractivity contribution in [2.24, 2.45) is 0 Å². The molecule has 1 atom stereocenters. The van der Waals surface area contributed by atoms with Crippen molar-refractivity contribution in [3.8, 4) is 10.6 Å². The highest BCUT2D eigenvalue weighted by Crippen LogP contribution is 2.32. The fraction of sp³-hybridized carbons (Fsp3) is 0.300. The Kier molecular flexibility index (Phi) is 4.86. The molecule has 5 heterocycles. The summed E-state index contributed by atoms with van der Waals surface area (Å²) in [5.41, 5.74) is 1.30. The molecule has 148 valence electrons. The summed E-state index contributed by atoms with van der Waals surface area (Å²) in [6.07, 6.45) is 3.49. The Labute approximate surface area is 174 Å². The Morgan fingerprint density at radius 1 is 1.34 bits per heavy atom. The number of ether oxygens (including phenoxy) is 1. The van der Waals surface area contributed by atoms with E-state index in [0.717, 1.165) is 40.2 Å². The zero-order chi connectivity index (χ0) is 19.8. The summed E-state index contributed by atoms with van der Waals surface area (Å²) < 4.78 is 7.37. The molecule has 1 unspecified atom stereocenters. The van der Waals surface area contributed by atoms with Crippen LogP contribution in [0, 0.1) is 0 Å². The molecule has 7 nitrogen and oxygen atoms in total. The van der Waals surface area contributed by atoms with Gasteiger partial charge in [0.15, 0.2) is 0 Å². The van der Waals surface area contributed by atoms with Crippen molar-refractivity contribution < 1.29 is 9.53 Å². The lowest BCUT2D eigenvalue weighted by atomic mass is 10.2. The van der Waals surface area contributed by atoms with E-state index >= 15 is 0 Å². The number of carbonyl (C=O) groups excluding carboxylic acids is 1. The van der Waals surface area contributed by atoms with Gasteiger partial charge in [0.05, 0.1) is 28.5 Å². The van der Waals surface area contributed by atoms with E-state index in [-0.39, 0.29) is 24.1 Å². The number of pyridine rings is 1. The van der Waals surface area contributed by atoms with Gasteiger partial charge in [0.2, 0.25) is 5.91 Å². The lowest BCUT2D eigenvalue weighted by Gasteiger charge is -2.11. The smallest absolute Gasteiger partial charge is 0.271 e. The molecule has 4 aromatic heterocycles. The number of fused-ring (bicyclic) bond motifs is 3. The van der Waals surface area contributed by atoms with Gasteiger partial charge >= 0.3 is 0 Å². The summed E-state index contributed by atoms with van der Waals surface area (Å²) in [7, 11) is 0. The molecule has 0 bridgehead atoms. The Bertz CT molecular complexity index is 1240. The topological polar surface area (TPSA) is 86.1 Å². The summed E-state index contributed by atoms with van der Waals surface area (Å²) in [4.78, 5) is 36.2. The lowest BCUT2D eigenvalue weighted by Crippen LogP contribution is -2.36. The van der Waals surface area contributed by atoms with Gasteiger partial charge in [-0.3, -0.25) is 14.2 Å². The second-order valence-corrected chi connectivity index (χ2v) is 8.87. The van der Waals surface area contributed by atoms with Gasteiger partial charge in [-0.25, -0.2) is 9.97 Å². The number of hydrogen-bond acceptors (Lipinski definition) is 7. The maximum atomic E-state index is 12.9. The van der Waals surface area contributed by atoms with E-state index in [4.69, 9.17) is 9.72 Å². The van der Waals surface area contributed by atoms with Crippen LogP contribution in [0.15, 0.2) is 40.8 Å². The Morgan fingerprint density at radius 3 is 3.07 bits per heavy atom. The van der Waals surface area contributed by atoms with Gasteiger partial charge in [-0.1, -0.05) is 6.07 Å². The first-order chi connectivity index (χ1) is 14.2. The van der Waals surface area contributed by atoms with Gasteiger partial charge in [-0.05, 0) is 36.4 Å².